The summed E-state index contributed by atoms with van der Waals surface area (Å²) in [6.07, 6.45) is 3.44. The van der Waals surface area contributed by atoms with Crippen LogP contribution in [0.1, 0.15) is 18.1 Å². The Morgan fingerprint density at radius 1 is 1.09 bits per heavy atom. The third kappa shape index (κ3) is 5.00. The number of aromatic nitrogens is 2. The molecule has 8 heteroatoms. The van der Waals surface area contributed by atoms with E-state index in [1.807, 2.05) is 50.2 Å². The van der Waals surface area contributed by atoms with Gasteiger partial charge in [0, 0.05) is 17.4 Å². The first-order chi connectivity index (χ1) is 15.5. The fraction of sp³-hybridized carbons (Fsp3) is 0.208. The zero-order valence-corrected chi connectivity index (χ0v) is 19.3. The van der Waals surface area contributed by atoms with Crippen molar-refractivity contribution in [2.45, 2.75) is 20.4 Å². The number of hydrogen-bond acceptors (Lipinski definition) is 6. The molecular formula is C24H22ClN3O3S. The molecule has 0 aliphatic heterocycles. The number of hydrogen-bond donors (Lipinski definition) is 0. The quantitative estimate of drug-likeness (QED) is 0.334. The van der Waals surface area contributed by atoms with Crippen LogP contribution in [-0.4, -0.2) is 29.1 Å². The Morgan fingerprint density at radius 3 is 2.53 bits per heavy atom. The highest BCUT2D eigenvalue weighted by atomic mass is 35.5. The summed E-state index contributed by atoms with van der Waals surface area (Å²) < 4.78 is 12.2. The first-order valence-electron chi connectivity index (χ1n) is 10.2. The van der Waals surface area contributed by atoms with Crippen molar-refractivity contribution < 1.29 is 14.3 Å². The molecule has 4 aromatic rings. The molecule has 32 heavy (non-hydrogen) atoms. The Hall–Kier alpha value is -3.16. The largest absolute Gasteiger partial charge is 0.494 e. The molecule has 2 heterocycles. The van der Waals surface area contributed by atoms with E-state index in [-0.39, 0.29) is 12.5 Å². The van der Waals surface area contributed by atoms with Crippen LogP contribution in [0.15, 0.2) is 60.9 Å². The highest BCUT2D eigenvalue weighted by Crippen LogP contribution is 2.34. The molecule has 0 saturated carbocycles. The fourth-order valence-electron chi connectivity index (χ4n) is 3.16. The minimum Gasteiger partial charge on any atom is -0.494 e. The number of halogens is 1. The van der Waals surface area contributed by atoms with Gasteiger partial charge in [0.1, 0.15) is 11.5 Å². The van der Waals surface area contributed by atoms with Crippen molar-refractivity contribution in [1.29, 1.82) is 0 Å². The van der Waals surface area contributed by atoms with E-state index in [1.54, 1.807) is 29.4 Å². The van der Waals surface area contributed by atoms with Gasteiger partial charge in [0.25, 0.3) is 5.91 Å². The van der Waals surface area contributed by atoms with Gasteiger partial charge in [-0.05, 0) is 67.4 Å². The third-order valence-corrected chi connectivity index (χ3v) is 6.28. The number of amides is 1. The van der Waals surface area contributed by atoms with Gasteiger partial charge in [-0.25, -0.2) is 4.98 Å². The highest BCUT2D eigenvalue weighted by Gasteiger charge is 2.22. The number of benzene rings is 2. The number of carbonyl (C=O) groups is 1. The summed E-state index contributed by atoms with van der Waals surface area (Å²) in [6.45, 7) is 4.67. The number of thiazole rings is 1. The average molecular weight is 468 g/mol. The molecule has 0 fully saturated rings. The molecule has 0 atom stereocenters. The van der Waals surface area contributed by atoms with Crippen molar-refractivity contribution in [2.75, 3.05) is 18.1 Å². The predicted molar refractivity (Wildman–Crippen MR) is 128 cm³/mol. The first kappa shape index (κ1) is 22.0. The summed E-state index contributed by atoms with van der Waals surface area (Å²) in [4.78, 5) is 23.7. The summed E-state index contributed by atoms with van der Waals surface area (Å²) in [7, 11) is 0. The molecule has 2 aromatic heterocycles. The van der Waals surface area contributed by atoms with Gasteiger partial charge < -0.3 is 9.47 Å². The Bertz CT molecular complexity index is 1210. The predicted octanol–water partition coefficient (Wildman–Crippen LogP) is 5.66. The third-order valence-electron chi connectivity index (χ3n) is 4.83. The van der Waals surface area contributed by atoms with Gasteiger partial charge in [-0.1, -0.05) is 29.0 Å². The smallest absolute Gasteiger partial charge is 0.267 e. The SMILES string of the molecule is CCOc1ccc(OCC(=O)N(Cc2cccnc2)c2nc3c(C)c(Cl)ccc3s2)cc1. The van der Waals surface area contributed by atoms with E-state index in [0.29, 0.717) is 29.1 Å². The molecule has 6 nitrogen and oxygen atoms in total. The highest BCUT2D eigenvalue weighted by molar-refractivity contribution is 7.22. The Morgan fingerprint density at radius 2 is 1.84 bits per heavy atom. The maximum absolute atomic E-state index is 13.2. The lowest BCUT2D eigenvalue weighted by atomic mass is 10.2. The lowest BCUT2D eigenvalue weighted by Gasteiger charge is -2.20. The van der Waals surface area contributed by atoms with E-state index in [4.69, 9.17) is 26.1 Å². The van der Waals surface area contributed by atoms with Crippen LogP contribution in [0.5, 0.6) is 11.5 Å². The van der Waals surface area contributed by atoms with Crippen LogP contribution in [0.2, 0.25) is 5.02 Å². The average Bonchev–Trinajstić information content (AvgIpc) is 3.25. The summed E-state index contributed by atoms with van der Waals surface area (Å²) in [5, 5.41) is 1.24. The molecule has 0 N–H and O–H groups in total. The van der Waals surface area contributed by atoms with E-state index in [1.165, 1.54) is 11.3 Å². The number of carbonyl (C=O) groups excluding carboxylic acids is 1. The van der Waals surface area contributed by atoms with Crippen LogP contribution in [-0.2, 0) is 11.3 Å². The maximum atomic E-state index is 13.2. The molecule has 0 aliphatic rings. The van der Waals surface area contributed by atoms with Crippen molar-refractivity contribution in [3.8, 4) is 11.5 Å². The van der Waals surface area contributed by atoms with Gasteiger partial charge in [0.05, 0.1) is 23.4 Å². The van der Waals surface area contributed by atoms with Crippen molar-refractivity contribution in [3.63, 3.8) is 0 Å². The summed E-state index contributed by atoms with van der Waals surface area (Å²) in [5.41, 5.74) is 2.59. The molecule has 0 bridgehead atoms. The molecule has 2 aromatic carbocycles. The van der Waals surface area contributed by atoms with Gasteiger partial charge in [0.2, 0.25) is 0 Å². The number of pyridine rings is 1. The molecule has 164 valence electrons. The second-order valence-corrected chi connectivity index (χ2v) is 8.47. The minimum absolute atomic E-state index is 0.121. The number of aryl methyl sites for hydroxylation is 1. The number of nitrogens with zero attached hydrogens (tertiary/aromatic N) is 3. The van der Waals surface area contributed by atoms with E-state index in [9.17, 15) is 4.79 Å². The molecule has 0 aliphatic carbocycles. The molecule has 0 spiro atoms. The van der Waals surface area contributed by atoms with Gasteiger partial charge in [-0.15, -0.1) is 0 Å². The molecule has 0 radical (unpaired) electrons. The van der Waals surface area contributed by atoms with Crippen LogP contribution in [0.25, 0.3) is 10.2 Å². The van der Waals surface area contributed by atoms with Crippen molar-refractivity contribution >= 4 is 44.2 Å². The van der Waals surface area contributed by atoms with Crippen LogP contribution < -0.4 is 14.4 Å². The van der Waals surface area contributed by atoms with E-state index in [0.717, 1.165) is 27.1 Å². The molecule has 1 amide bonds. The van der Waals surface area contributed by atoms with Gasteiger partial charge in [-0.3, -0.25) is 14.7 Å². The topological polar surface area (TPSA) is 64.6 Å². The van der Waals surface area contributed by atoms with E-state index >= 15 is 0 Å². The first-order valence-corrected chi connectivity index (χ1v) is 11.3. The second kappa shape index (κ2) is 9.97. The zero-order chi connectivity index (χ0) is 22.5. The second-order valence-electron chi connectivity index (χ2n) is 7.05. The molecule has 4 rings (SSSR count). The maximum Gasteiger partial charge on any atom is 0.267 e. The van der Waals surface area contributed by atoms with Crippen molar-refractivity contribution in [1.82, 2.24) is 9.97 Å². The fourth-order valence-corrected chi connectivity index (χ4v) is 4.36. The molecular weight excluding hydrogens is 446 g/mol. The summed E-state index contributed by atoms with van der Waals surface area (Å²) in [5.74, 6) is 1.15. The van der Waals surface area contributed by atoms with Crippen LogP contribution in [0.3, 0.4) is 0 Å². The van der Waals surface area contributed by atoms with Crippen molar-refractivity contribution in [2.24, 2.45) is 0 Å². The standard InChI is InChI=1S/C24H22ClN3O3S/c1-3-30-18-6-8-19(9-7-18)31-15-22(29)28(14-17-5-4-12-26-13-17)24-27-23-16(2)20(25)10-11-21(23)32-24/h4-13H,3,14-15H2,1-2H3. The monoisotopic (exact) mass is 467 g/mol. The normalized spacial score (nSPS) is 10.8. The van der Waals surface area contributed by atoms with E-state index < -0.39 is 0 Å². The van der Waals surface area contributed by atoms with Crippen LogP contribution >= 0.6 is 22.9 Å². The molecule has 0 saturated heterocycles. The number of ether oxygens (including phenoxy) is 2. The lowest BCUT2D eigenvalue weighted by molar-refractivity contribution is -0.120. The van der Waals surface area contributed by atoms with Crippen molar-refractivity contribution in [3.05, 3.63) is 77.1 Å². The zero-order valence-electron chi connectivity index (χ0n) is 17.7. The van der Waals surface area contributed by atoms with Crippen LogP contribution in [0, 0.1) is 6.92 Å². The number of fused-ring (bicyclic) bond motifs is 1. The van der Waals surface area contributed by atoms with Gasteiger partial charge in [0.15, 0.2) is 11.7 Å². The summed E-state index contributed by atoms with van der Waals surface area (Å²) in [6, 6.07) is 14.7. The molecule has 0 unspecified atom stereocenters. The van der Waals surface area contributed by atoms with Crippen LogP contribution in [0.4, 0.5) is 5.13 Å². The van der Waals surface area contributed by atoms with E-state index in [2.05, 4.69) is 4.98 Å². The Labute approximate surface area is 195 Å². The number of anilines is 1. The van der Waals surface area contributed by atoms with Gasteiger partial charge >= 0.3 is 0 Å². The minimum atomic E-state index is -0.203. The lowest BCUT2D eigenvalue weighted by Crippen LogP contribution is -2.34. The van der Waals surface area contributed by atoms with Gasteiger partial charge in [-0.2, -0.15) is 0 Å². The number of rotatable bonds is 8. The Balaban J connectivity index is 1.57. The Kier molecular flexibility index (Phi) is 6.87. The summed E-state index contributed by atoms with van der Waals surface area (Å²) >= 11 is 7.71.